The fourth-order valence-corrected chi connectivity index (χ4v) is 2.89. The molecule has 0 aliphatic heterocycles. The molecule has 0 aromatic carbocycles. The summed E-state index contributed by atoms with van der Waals surface area (Å²) in [5.41, 5.74) is -0.126. The van der Waals surface area contributed by atoms with Crippen molar-refractivity contribution in [2.75, 3.05) is 0 Å². The van der Waals surface area contributed by atoms with Crippen molar-refractivity contribution in [3.63, 3.8) is 0 Å². The molecule has 1 fully saturated rings. The van der Waals surface area contributed by atoms with Gasteiger partial charge in [-0.3, -0.25) is 9.78 Å². The van der Waals surface area contributed by atoms with Crippen LogP contribution in [0.3, 0.4) is 0 Å². The number of aromatic nitrogens is 1. The second kappa shape index (κ2) is 5.61. The Kier molecular flexibility index (Phi) is 4.06. The summed E-state index contributed by atoms with van der Waals surface area (Å²) in [6, 6.07) is 3.54. The Balaban J connectivity index is 2.27. The minimum Gasteiger partial charge on any atom is -0.479 e. The molecule has 0 saturated heterocycles. The maximum atomic E-state index is 12.4. The van der Waals surface area contributed by atoms with E-state index < -0.39 is 17.4 Å². The average molecular weight is 276 g/mol. The molecule has 20 heavy (non-hydrogen) atoms. The number of pyridine rings is 1. The van der Waals surface area contributed by atoms with Gasteiger partial charge in [0.2, 0.25) is 0 Å². The molecule has 2 atom stereocenters. The molecule has 2 rings (SSSR count). The second-order valence-corrected chi connectivity index (χ2v) is 5.55. The first-order valence-electron chi connectivity index (χ1n) is 6.95. The second-order valence-electron chi connectivity index (χ2n) is 5.55. The lowest BCUT2D eigenvalue weighted by molar-refractivity contribution is -0.148. The highest BCUT2D eigenvalue weighted by atomic mass is 16.4. The van der Waals surface area contributed by atoms with Crippen LogP contribution in [-0.2, 0) is 4.79 Å². The van der Waals surface area contributed by atoms with Crippen LogP contribution >= 0.6 is 0 Å². The van der Waals surface area contributed by atoms with Crippen LogP contribution < -0.4 is 5.32 Å². The molecule has 1 saturated carbocycles. The molecule has 2 N–H and O–H groups in total. The number of nitrogens with one attached hydrogen (secondary N) is 1. The quantitative estimate of drug-likeness (QED) is 0.886. The van der Waals surface area contributed by atoms with Gasteiger partial charge in [-0.1, -0.05) is 25.8 Å². The first-order chi connectivity index (χ1) is 9.47. The number of amides is 1. The van der Waals surface area contributed by atoms with Gasteiger partial charge in [-0.15, -0.1) is 0 Å². The molecule has 1 amide bonds. The van der Waals surface area contributed by atoms with E-state index in [0.717, 1.165) is 24.8 Å². The lowest BCUT2D eigenvalue weighted by atomic mass is 9.73. The van der Waals surface area contributed by atoms with Crippen LogP contribution in [0.1, 0.15) is 48.7 Å². The Morgan fingerprint density at radius 3 is 2.80 bits per heavy atom. The highest BCUT2D eigenvalue weighted by Crippen LogP contribution is 2.34. The Bertz CT molecular complexity index is 530. The van der Waals surface area contributed by atoms with Crippen molar-refractivity contribution in [2.45, 2.75) is 45.1 Å². The largest absolute Gasteiger partial charge is 0.479 e. The predicted molar refractivity (Wildman–Crippen MR) is 74.4 cm³/mol. The number of carbonyl (C=O) groups is 2. The van der Waals surface area contributed by atoms with Crippen molar-refractivity contribution in [1.29, 1.82) is 0 Å². The van der Waals surface area contributed by atoms with E-state index in [2.05, 4.69) is 10.3 Å². The van der Waals surface area contributed by atoms with Gasteiger partial charge in [0.25, 0.3) is 5.91 Å². The zero-order valence-electron chi connectivity index (χ0n) is 11.8. The molecular formula is C15H20N2O3. The minimum absolute atomic E-state index is 0.0817. The molecule has 0 bridgehead atoms. The zero-order valence-corrected chi connectivity index (χ0v) is 11.8. The normalized spacial score (nSPS) is 26.0. The van der Waals surface area contributed by atoms with E-state index in [-0.39, 0.29) is 5.92 Å². The van der Waals surface area contributed by atoms with Gasteiger partial charge >= 0.3 is 5.97 Å². The highest BCUT2D eigenvalue weighted by Gasteiger charge is 2.46. The summed E-state index contributed by atoms with van der Waals surface area (Å²) in [4.78, 5) is 28.1. The number of carbonyl (C=O) groups excluding carboxylic acids is 1. The smallest absolute Gasteiger partial charge is 0.329 e. The Morgan fingerprint density at radius 1 is 1.45 bits per heavy atom. The number of aliphatic carboxylic acids is 1. The fraction of sp³-hybridized carbons (Fsp3) is 0.533. The number of rotatable bonds is 3. The van der Waals surface area contributed by atoms with E-state index in [0.29, 0.717) is 12.1 Å². The predicted octanol–water partition coefficient (Wildman–Crippen LogP) is 2.15. The van der Waals surface area contributed by atoms with E-state index in [1.54, 1.807) is 25.3 Å². The maximum Gasteiger partial charge on any atom is 0.329 e. The van der Waals surface area contributed by atoms with Crippen molar-refractivity contribution in [3.05, 3.63) is 29.6 Å². The maximum absolute atomic E-state index is 12.4. The van der Waals surface area contributed by atoms with E-state index in [9.17, 15) is 14.7 Å². The van der Waals surface area contributed by atoms with Crippen molar-refractivity contribution in [1.82, 2.24) is 10.3 Å². The van der Waals surface area contributed by atoms with Crippen LogP contribution in [0.25, 0.3) is 0 Å². The Hall–Kier alpha value is -1.91. The zero-order chi connectivity index (χ0) is 14.8. The third-order valence-electron chi connectivity index (χ3n) is 4.24. The first kappa shape index (κ1) is 14.5. The van der Waals surface area contributed by atoms with E-state index in [1.807, 2.05) is 6.92 Å². The molecule has 2 unspecified atom stereocenters. The van der Waals surface area contributed by atoms with Gasteiger partial charge < -0.3 is 10.4 Å². The van der Waals surface area contributed by atoms with Crippen LogP contribution in [-0.4, -0.2) is 27.5 Å². The lowest BCUT2D eigenvalue weighted by Crippen LogP contribution is -2.60. The third-order valence-corrected chi connectivity index (χ3v) is 4.24. The number of carboxylic acids is 1. The SMILES string of the molecule is Cc1cccnc1C(=O)NC1(C(=O)O)CCCCC1C. The molecule has 5 nitrogen and oxygen atoms in total. The van der Waals surface area contributed by atoms with Crippen LogP contribution in [0.15, 0.2) is 18.3 Å². The van der Waals surface area contributed by atoms with Crippen molar-refractivity contribution >= 4 is 11.9 Å². The third kappa shape index (κ3) is 2.53. The first-order valence-corrected chi connectivity index (χ1v) is 6.95. The van der Waals surface area contributed by atoms with Crippen molar-refractivity contribution in [3.8, 4) is 0 Å². The monoisotopic (exact) mass is 276 g/mol. The van der Waals surface area contributed by atoms with Crippen LogP contribution in [0.5, 0.6) is 0 Å². The van der Waals surface area contributed by atoms with Gasteiger partial charge in [-0.25, -0.2) is 4.79 Å². The van der Waals surface area contributed by atoms with Gasteiger partial charge in [0.15, 0.2) is 0 Å². The fourth-order valence-electron chi connectivity index (χ4n) is 2.89. The molecule has 0 spiro atoms. The number of hydrogen-bond donors (Lipinski definition) is 2. The van der Waals surface area contributed by atoms with Gasteiger partial charge in [0, 0.05) is 6.20 Å². The molecule has 1 aliphatic carbocycles. The van der Waals surface area contributed by atoms with Crippen molar-refractivity contribution < 1.29 is 14.7 Å². The molecule has 1 aromatic rings. The van der Waals surface area contributed by atoms with Crippen LogP contribution in [0.4, 0.5) is 0 Å². The summed E-state index contributed by atoms with van der Waals surface area (Å²) in [5, 5.41) is 12.3. The summed E-state index contributed by atoms with van der Waals surface area (Å²) >= 11 is 0. The highest BCUT2D eigenvalue weighted by molar-refractivity contribution is 5.97. The summed E-state index contributed by atoms with van der Waals surface area (Å²) in [7, 11) is 0. The van der Waals surface area contributed by atoms with Crippen LogP contribution in [0, 0.1) is 12.8 Å². The Morgan fingerprint density at radius 2 is 2.20 bits per heavy atom. The number of aryl methyl sites for hydroxylation is 1. The molecule has 5 heteroatoms. The van der Waals surface area contributed by atoms with Crippen LogP contribution in [0.2, 0.25) is 0 Å². The summed E-state index contributed by atoms with van der Waals surface area (Å²) in [6.45, 7) is 3.68. The number of carboxylic acid groups (broad SMARTS) is 1. The molecule has 1 aliphatic rings. The van der Waals surface area contributed by atoms with Gasteiger partial charge in [-0.05, 0) is 37.3 Å². The minimum atomic E-state index is -1.17. The van der Waals surface area contributed by atoms with Gasteiger partial charge in [-0.2, -0.15) is 0 Å². The molecule has 1 aromatic heterocycles. The summed E-state index contributed by atoms with van der Waals surface area (Å²) < 4.78 is 0. The summed E-state index contributed by atoms with van der Waals surface area (Å²) in [5.74, 6) is -1.44. The lowest BCUT2D eigenvalue weighted by Gasteiger charge is -2.39. The molecule has 0 radical (unpaired) electrons. The number of nitrogens with zero attached hydrogens (tertiary/aromatic N) is 1. The standard InChI is InChI=1S/C15H20N2O3/c1-10-6-5-9-16-12(10)13(18)17-15(14(19)20)8-4-3-7-11(15)2/h5-6,9,11H,3-4,7-8H2,1-2H3,(H,17,18)(H,19,20). The Labute approximate surface area is 118 Å². The van der Waals surface area contributed by atoms with E-state index in [4.69, 9.17) is 0 Å². The number of hydrogen-bond acceptors (Lipinski definition) is 3. The van der Waals surface area contributed by atoms with E-state index in [1.165, 1.54) is 0 Å². The van der Waals surface area contributed by atoms with Gasteiger partial charge in [0.1, 0.15) is 11.2 Å². The summed E-state index contributed by atoms with van der Waals surface area (Å²) in [6.07, 6.45) is 4.65. The van der Waals surface area contributed by atoms with E-state index >= 15 is 0 Å². The molecular weight excluding hydrogens is 256 g/mol. The van der Waals surface area contributed by atoms with Crippen molar-refractivity contribution in [2.24, 2.45) is 5.92 Å². The van der Waals surface area contributed by atoms with Gasteiger partial charge in [0.05, 0.1) is 0 Å². The molecule has 108 valence electrons. The average Bonchev–Trinajstić information content (AvgIpc) is 2.41. The molecule has 1 heterocycles. The topological polar surface area (TPSA) is 79.3 Å².